The molecule has 2 aromatic heterocycles. The highest BCUT2D eigenvalue weighted by Crippen LogP contribution is 2.34. The van der Waals surface area contributed by atoms with Crippen LogP contribution < -0.4 is 11.5 Å². The van der Waals surface area contributed by atoms with Crippen LogP contribution in [0.2, 0.25) is 0 Å². The van der Waals surface area contributed by atoms with Crippen LogP contribution >= 0.6 is 0 Å². The second-order valence-corrected chi connectivity index (χ2v) is 5.00. The first kappa shape index (κ1) is 14.7. The van der Waals surface area contributed by atoms with Gasteiger partial charge in [0, 0.05) is 6.20 Å². The Hall–Kier alpha value is -2.27. The monoisotopic (exact) mass is 309 g/mol. The van der Waals surface area contributed by atoms with E-state index in [9.17, 15) is 15.0 Å². The molecule has 0 aliphatic carbocycles. The van der Waals surface area contributed by atoms with Crippen LogP contribution in [0.4, 0.5) is 5.82 Å². The van der Waals surface area contributed by atoms with Gasteiger partial charge < -0.3 is 36.1 Å². The number of carbonyl (C=O) groups excluding carboxylic acids is 1. The zero-order valence-corrected chi connectivity index (χ0v) is 11.3. The van der Waals surface area contributed by atoms with Crippen molar-refractivity contribution in [3.63, 3.8) is 0 Å². The number of carbonyl (C=O) groups is 1. The Morgan fingerprint density at radius 1 is 1.36 bits per heavy atom. The van der Waals surface area contributed by atoms with Crippen LogP contribution in [0.3, 0.4) is 0 Å². The third-order valence-corrected chi connectivity index (χ3v) is 3.70. The van der Waals surface area contributed by atoms with Gasteiger partial charge in [0.2, 0.25) is 0 Å². The van der Waals surface area contributed by atoms with Crippen molar-refractivity contribution in [1.29, 1.82) is 0 Å². The third kappa shape index (κ3) is 2.01. The van der Waals surface area contributed by atoms with Gasteiger partial charge in [0.1, 0.15) is 36.1 Å². The quantitative estimate of drug-likeness (QED) is 0.422. The van der Waals surface area contributed by atoms with Crippen molar-refractivity contribution in [1.82, 2.24) is 14.5 Å². The van der Waals surface area contributed by atoms with Crippen molar-refractivity contribution in [3.8, 4) is 0 Å². The molecule has 10 heteroatoms. The minimum atomic E-state index is -1.32. The number of ether oxygens (including phenoxy) is 1. The first-order valence-electron chi connectivity index (χ1n) is 6.49. The fourth-order valence-corrected chi connectivity index (χ4v) is 2.60. The molecule has 10 nitrogen and oxygen atoms in total. The van der Waals surface area contributed by atoms with Gasteiger partial charge in [-0.2, -0.15) is 0 Å². The molecule has 1 saturated heterocycles. The molecule has 0 saturated carbocycles. The summed E-state index contributed by atoms with van der Waals surface area (Å²) in [6, 6.07) is 0. The predicted molar refractivity (Wildman–Crippen MR) is 73.5 cm³/mol. The molecule has 3 heterocycles. The average Bonchev–Trinajstić information content (AvgIpc) is 3.00. The highest BCUT2D eigenvalue weighted by molar-refractivity contribution is 6.08. The summed E-state index contributed by atoms with van der Waals surface area (Å²) >= 11 is 0. The lowest BCUT2D eigenvalue weighted by Crippen LogP contribution is -2.33. The Balaban J connectivity index is 2.16. The maximum absolute atomic E-state index is 11.6. The minimum Gasteiger partial charge on any atom is -0.394 e. The van der Waals surface area contributed by atoms with Gasteiger partial charge in [0.05, 0.1) is 17.6 Å². The van der Waals surface area contributed by atoms with Crippen LogP contribution in [-0.2, 0) is 4.74 Å². The van der Waals surface area contributed by atoms with E-state index in [-0.39, 0.29) is 22.4 Å². The van der Waals surface area contributed by atoms with E-state index in [0.717, 1.165) is 0 Å². The number of aromatic nitrogens is 3. The molecule has 22 heavy (non-hydrogen) atoms. The molecule has 0 bridgehead atoms. The fourth-order valence-electron chi connectivity index (χ4n) is 2.60. The molecule has 0 unspecified atom stereocenters. The second kappa shape index (κ2) is 5.18. The summed E-state index contributed by atoms with van der Waals surface area (Å²) < 4.78 is 6.77. The van der Waals surface area contributed by atoms with E-state index in [1.165, 1.54) is 17.1 Å². The smallest absolute Gasteiger partial charge is 0.251 e. The van der Waals surface area contributed by atoms with Gasteiger partial charge in [-0.1, -0.05) is 0 Å². The van der Waals surface area contributed by atoms with Gasteiger partial charge >= 0.3 is 0 Å². The van der Waals surface area contributed by atoms with Crippen LogP contribution in [-0.4, -0.2) is 60.7 Å². The molecule has 1 fully saturated rings. The number of hydrogen-bond acceptors (Lipinski definition) is 8. The van der Waals surface area contributed by atoms with Gasteiger partial charge in [-0.3, -0.25) is 4.79 Å². The van der Waals surface area contributed by atoms with Crippen LogP contribution in [0.1, 0.15) is 16.6 Å². The second-order valence-electron chi connectivity index (χ2n) is 5.00. The van der Waals surface area contributed by atoms with Gasteiger partial charge in [-0.25, -0.2) is 9.97 Å². The molecule has 0 radical (unpaired) electrons. The van der Waals surface area contributed by atoms with Crippen LogP contribution in [0.5, 0.6) is 0 Å². The third-order valence-electron chi connectivity index (χ3n) is 3.70. The summed E-state index contributed by atoms with van der Waals surface area (Å²) in [7, 11) is 0. The molecule has 7 N–H and O–H groups in total. The number of aliphatic hydroxyl groups is 3. The number of nitrogens with two attached hydrogens (primary N) is 2. The van der Waals surface area contributed by atoms with Crippen molar-refractivity contribution >= 4 is 22.8 Å². The van der Waals surface area contributed by atoms with Gasteiger partial charge in [0.25, 0.3) is 5.91 Å². The van der Waals surface area contributed by atoms with Crippen molar-refractivity contribution in [2.24, 2.45) is 5.73 Å². The van der Waals surface area contributed by atoms with E-state index in [0.29, 0.717) is 0 Å². The number of primary amides is 1. The number of rotatable bonds is 3. The number of aliphatic hydroxyl groups excluding tert-OH is 3. The summed E-state index contributed by atoms with van der Waals surface area (Å²) in [5, 5.41) is 29.3. The minimum absolute atomic E-state index is 0.0595. The number of hydrogen-bond donors (Lipinski definition) is 5. The van der Waals surface area contributed by atoms with Crippen molar-refractivity contribution in [2.45, 2.75) is 24.5 Å². The Morgan fingerprint density at radius 2 is 2.09 bits per heavy atom. The van der Waals surface area contributed by atoms with Crippen molar-refractivity contribution < 1.29 is 24.9 Å². The first-order valence-corrected chi connectivity index (χ1v) is 6.49. The molecular formula is C12H15N5O5. The average molecular weight is 309 g/mol. The maximum Gasteiger partial charge on any atom is 0.251 e. The molecule has 4 atom stereocenters. The molecule has 1 amide bonds. The van der Waals surface area contributed by atoms with Crippen molar-refractivity contribution in [3.05, 3.63) is 18.1 Å². The Bertz CT molecular complexity index is 732. The molecule has 1 aliphatic heterocycles. The van der Waals surface area contributed by atoms with E-state index in [2.05, 4.69) is 9.97 Å². The predicted octanol–water partition coefficient (Wildman–Crippen LogP) is -2.28. The normalized spacial score (nSPS) is 28.3. The molecule has 0 spiro atoms. The summed E-state index contributed by atoms with van der Waals surface area (Å²) in [5.74, 6) is -0.679. The standard InChI is InChI=1S/C12H15N5O5/c13-9-6-4(10(14)21)1-17(11(6)16-3-15-9)12-8(20)7(19)5(2-18)22-12/h1,3,5,7-8,12,18-20H,2H2,(H2,14,21)(H2,13,15,16)/t5-,7+,8+,12+/m1/s1. The largest absolute Gasteiger partial charge is 0.394 e. The van der Waals surface area contributed by atoms with Gasteiger partial charge in [-0.15, -0.1) is 0 Å². The Labute approximate surface area is 123 Å². The fraction of sp³-hybridized carbons (Fsp3) is 0.417. The molecule has 3 rings (SSSR count). The van der Waals surface area contributed by atoms with Crippen LogP contribution in [0.25, 0.3) is 11.0 Å². The summed E-state index contributed by atoms with van der Waals surface area (Å²) in [5.41, 5.74) is 11.4. The molecular weight excluding hydrogens is 294 g/mol. The lowest BCUT2D eigenvalue weighted by Gasteiger charge is -2.17. The van der Waals surface area contributed by atoms with Crippen LogP contribution in [0, 0.1) is 0 Å². The summed E-state index contributed by atoms with van der Waals surface area (Å²) in [4.78, 5) is 19.4. The number of nitrogens with zero attached hydrogens (tertiary/aromatic N) is 3. The maximum atomic E-state index is 11.6. The first-order chi connectivity index (χ1) is 10.5. The Morgan fingerprint density at radius 3 is 2.68 bits per heavy atom. The van der Waals surface area contributed by atoms with Crippen molar-refractivity contribution in [2.75, 3.05) is 12.3 Å². The van der Waals surface area contributed by atoms with E-state index in [1.54, 1.807) is 0 Å². The number of nitrogen functional groups attached to an aromatic ring is 1. The topological polar surface area (TPSA) is 170 Å². The number of fused-ring (bicyclic) bond motifs is 1. The van der Waals surface area contributed by atoms with Gasteiger partial charge in [0.15, 0.2) is 6.23 Å². The van der Waals surface area contributed by atoms with Gasteiger partial charge in [-0.05, 0) is 0 Å². The van der Waals surface area contributed by atoms with E-state index < -0.39 is 37.1 Å². The molecule has 1 aliphatic rings. The molecule has 2 aromatic rings. The van der Waals surface area contributed by atoms with E-state index in [1.807, 2.05) is 0 Å². The summed E-state index contributed by atoms with van der Waals surface area (Å²) in [6.07, 6.45) is -2.06. The van der Waals surface area contributed by atoms with E-state index in [4.69, 9.17) is 21.3 Å². The highest BCUT2D eigenvalue weighted by atomic mass is 16.6. The number of amides is 1. The molecule has 118 valence electrons. The Kier molecular flexibility index (Phi) is 3.45. The van der Waals surface area contributed by atoms with Crippen LogP contribution in [0.15, 0.2) is 12.5 Å². The summed E-state index contributed by atoms with van der Waals surface area (Å²) in [6.45, 7) is -0.465. The lowest BCUT2D eigenvalue weighted by molar-refractivity contribution is -0.0508. The number of anilines is 1. The SMILES string of the molecule is NC(=O)c1cn([C@H]2O[C@H](CO)[C@H](O)[C@@H]2O)c2ncnc(N)c12. The molecule has 0 aromatic carbocycles. The highest BCUT2D eigenvalue weighted by Gasteiger charge is 2.44. The zero-order chi connectivity index (χ0) is 16.0. The lowest BCUT2D eigenvalue weighted by atomic mass is 10.1. The van der Waals surface area contributed by atoms with E-state index >= 15 is 0 Å². The zero-order valence-electron chi connectivity index (χ0n) is 11.3.